The summed E-state index contributed by atoms with van der Waals surface area (Å²) in [5.74, 6) is 1.91. The van der Waals surface area contributed by atoms with Crippen LogP contribution < -0.4 is 11.1 Å². The minimum absolute atomic E-state index is 0.203. The van der Waals surface area contributed by atoms with Gasteiger partial charge in [0.15, 0.2) is 0 Å². The fourth-order valence-corrected chi connectivity index (χ4v) is 2.53. The molecule has 0 atom stereocenters. The smallest absolute Gasteiger partial charge is 0.274 e. The lowest BCUT2D eigenvalue weighted by Crippen LogP contribution is -2.15. The van der Waals surface area contributed by atoms with Crippen molar-refractivity contribution in [3.8, 4) is 0 Å². The first-order valence-corrected chi connectivity index (χ1v) is 7.40. The fraction of sp³-hybridized carbons (Fsp3) is 0.286. The van der Waals surface area contributed by atoms with Gasteiger partial charge in [-0.1, -0.05) is 0 Å². The van der Waals surface area contributed by atoms with Crippen molar-refractivity contribution in [2.45, 2.75) is 26.7 Å². The van der Waals surface area contributed by atoms with Crippen molar-refractivity contribution in [3.63, 3.8) is 0 Å². The fourth-order valence-electron chi connectivity index (χ4n) is 2.53. The number of aromatic nitrogens is 8. The van der Waals surface area contributed by atoms with Crippen LogP contribution in [0.3, 0.4) is 0 Å². The largest absolute Gasteiger partial charge is 0.275 e. The van der Waals surface area contributed by atoms with E-state index < -0.39 is 0 Å². The van der Waals surface area contributed by atoms with Gasteiger partial charge < -0.3 is 0 Å². The Bertz CT molecular complexity index is 1090. The molecule has 4 rings (SSSR count). The SMILES string of the molecule is Cc1cc(=O)n2[nH]c(CCc3nc4nc(C)cc(=O)n4[nH]3)nc2n1. The average molecular weight is 326 g/mol. The van der Waals surface area contributed by atoms with Crippen LogP contribution in [-0.4, -0.2) is 39.2 Å². The average Bonchev–Trinajstić information content (AvgIpc) is 3.08. The van der Waals surface area contributed by atoms with Crippen LogP contribution in [0.5, 0.6) is 0 Å². The van der Waals surface area contributed by atoms with Gasteiger partial charge in [0.25, 0.3) is 22.7 Å². The van der Waals surface area contributed by atoms with Crippen molar-refractivity contribution in [2.24, 2.45) is 0 Å². The molecule has 4 aromatic heterocycles. The molecule has 2 N–H and O–H groups in total. The van der Waals surface area contributed by atoms with Crippen molar-refractivity contribution < 1.29 is 0 Å². The summed E-state index contributed by atoms with van der Waals surface area (Å²) < 4.78 is 2.60. The highest BCUT2D eigenvalue weighted by Crippen LogP contribution is 2.03. The van der Waals surface area contributed by atoms with E-state index in [0.29, 0.717) is 47.4 Å². The summed E-state index contributed by atoms with van der Waals surface area (Å²) in [6, 6.07) is 2.88. The summed E-state index contributed by atoms with van der Waals surface area (Å²) in [5.41, 5.74) is 0.838. The van der Waals surface area contributed by atoms with Crippen molar-refractivity contribution >= 4 is 11.6 Å². The maximum atomic E-state index is 11.9. The van der Waals surface area contributed by atoms with Crippen LogP contribution in [0.1, 0.15) is 23.0 Å². The lowest BCUT2D eigenvalue weighted by molar-refractivity contribution is 0.776. The maximum absolute atomic E-state index is 11.9. The first-order chi connectivity index (χ1) is 11.5. The van der Waals surface area contributed by atoms with Gasteiger partial charge in [-0.05, 0) is 13.8 Å². The van der Waals surface area contributed by atoms with Gasteiger partial charge in [0.2, 0.25) is 0 Å². The number of aromatic amines is 2. The van der Waals surface area contributed by atoms with Crippen LogP contribution in [0.15, 0.2) is 21.7 Å². The second-order valence-electron chi connectivity index (χ2n) is 5.58. The molecule has 0 aliphatic rings. The normalized spacial score (nSPS) is 11.6. The Kier molecular flexibility index (Phi) is 3.05. The highest BCUT2D eigenvalue weighted by Gasteiger charge is 2.10. The van der Waals surface area contributed by atoms with Gasteiger partial charge in [0.1, 0.15) is 11.6 Å². The summed E-state index contributed by atoms with van der Waals surface area (Å²) in [4.78, 5) is 40.8. The van der Waals surface area contributed by atoms with Crippen molar-refractivity contribution in [1.29, 1.82) is 0 Å². The minimum Gasteiger partial charge on any atom is -0.275 e. The Morgan fingerprint density at radius 3 is 1.62 bits per heavy atom. The lowest BCUT2D eigenvalue weighted by atomic mass is 10.3. The van der Waals surface area contributed by atoms with Crippen LogP contribution in [0.2, 0.25) is 0 Å². The first-order valence-electron chi connectivity index (χ1n) is 7.40. The summed E-state index contributed by atoms with van der Waals surface area (Å²) in [7, 11) is 0. The molecule has 0 aromatic carbocycles. The summed E-state index contributed by atoms with van der Waals surface area (Å²) in [6.07, 6.45) is 1.02. The van der Waals surface area contributed by atoms with Crippen LogP contribution in [0.4, 0.5) is 0 Å². The van der Waals surface area contributed by atoms with E-state index in [1.807, 2.05) is 0 Å². The molecule has 0 unspecified atom stereocenters. The molecule has 0 radical (unpaired) electrons. The number of hydrogen-bond donors (Lipinski definition) is 2. The third-order valence-corrected chi connectivity index (χ3v) is 3.61. The molecule has 4 heterocycles. The van der Waals surface area contributed by atoms with Crippen LogP contribution in [0, 0.1) is 13.8 Å². The standard InChI is InChI=1S/C14H14N8O2/c1-7-5-11(23)21-13(15-7)17-9(19-21)3-4-10-18-14-16-8(2)6-12(24)22(14)20-10/h5-6H,3-4H2,1-2H3,(H,15,17,19)(H,16,18,20). The number of aryl methyl sites for hydroxylation is 4. The Labute approximate surface area is 134 Å². The second-order valence-corrected chi connectivity index (χ2v) is 5.58. The van der Waals surface area contributed by atoms with E-state index in [2.05, 4.69) is 30.1 Å². The molecule has 0 saturated heterocycles. The molecule has 10 nitrogen and oxygen atoms in total. The summed E-state index contributed by atoms with van der Waals surface area (Å²) in [5, 5.41) is 5.84. The third-order valence-electron chi connectivity index (χ3n) is 3.61. The zero-order valence-electron chi connectivity index (χ0n) is 13.1. The maximum Gasteiger partial charge on any atom is 0.274 e. The predicted octanol–water partition coefficient (Wildman–Crippen LogP) is -0.449. The van der Waals surface area contributed by atoms with E-state index in [-0.39, 0.29) is 11.1 Å². The molecule has 0 bridgehead atoms. The topological polar surface area (TPSA) is 126 Å². The van der Waals surface area contributed by atoms with Crippen LogP contribution in [-0.2, 0) is 12.8 Å². The number of H-pyrrole nitrogens is 2. The van der Waals surface area contributed by atoms with E-state index in [1.165, 1.54) is 21.2 Å². The zero-order valence-corrected chi connectivity index (χ0v) is 13.1. The van der Waals surface area contributed by atoms with Gasteiger partial charge in [-0.25, -0.2) is 9.97 Å². The molecule has 122 valence electrons. The number of nitrogens with zero attached hydrogens (tertiary/aromatic N) is 6. The van der Waals surface area contributed by atoms with Gasteiger partial charge in [-0.2, -0.15) is 19.0 Å². The Morgan fingerprint density at radius 2 is 1.21 bits per heavy atom. The predicted molar refractivity (Wildman–Crippen MR) is 84.1 cm³/mol. The van der Waals surface area contributed by atoms with E-state index in [0.717, 1.165) is 0 Å². The van der Waals surface area contributed by atoms with Gasteiger partial charge >= 0.3 is 0 Å². The molecular formula is C14H14N8O2. The quantitative estimate of drug-likeness (QED) is 0.525. The number of nitrogens with one attached hydrogen (secondary N) is 2. The highest BCUT2D eigenvalue weighted by atomic mass is 16.1. The molecule has 0 saturated carbocycles. The molecular weight excluding hydrogens is 312 g/mol. The molecule has 0 spiro atoms. The molecule has 0 fully saturated rings. The number of rotatable bonds is 3. The Morgan fingerprint density at radius 1 is 0.792 bits per heavy atom. The van der Waals surface area contributed by atoms with E-state index in [4.69, 9.17) is 0 Å². The third kappa shape index (κ3) is 2.37. The molecule has 10 heteroatoms. The molecule has 24 heavy (non-hydrogen) atoms. The van der Waals surface area contributed by atoms with E-state index in [9.17, 15) is 9.59 Å². The molecule has 0 aliphatic heterocycles. The molecule has 0 aliphatic carbocycles. The zero-order chi connectivity index (χ0) is 16.8. The minimum atomic E-state index is -0.203. The highest BCUT2D eigenvalue weighted by molar-refractivity contribution is 5.29. The second kappa shape index (κ2) is 5.11. The lowest BCUT2D eigenvalue weighted by Gasteiger charge is -1.93. The first kappa shape index (κ1) is 14.3. The number of fused-ring (bicyclic) bond motifs is 2. The summed E-state index contributed by atoms with van der Waals surface area (Å²) >= 11 is 0. The monoisotopic (exact) mass is 326 g/mol. The Balaban J connectivity index is 1.63. The van der Waals surface area contributed by atoms with Crippen LogP contribution in [0.25, 0.3) is 11.6 Å². The number of hydrogen-bond acceptors (Lipinski definition) is 6. The Hall–Kier alpha value is -3.30. The van der Waals surface area contributed by atoms with Crippen molar-refractivity contribution in [3.05, 3.63) is 55.9 Å². The van der Waals surface area contributed by atoms with E-state index >= 15 is 0 Å². The van der Waals surface area contributed by atoms with Gasteiger partial charge in [-0.15, -0.1) is 0 Å². The van der Waals surface area contributed by atoms with Crippen molar-refractivity contribution in [2.75, 3.05) is 0 Å². The summed E-state index contributed by atoms with van der Waals surface area (Å²) in [6.45, 7) is 3.49. The van der Waals surface area contributed by atoms with Gasteiger partial charge in [-0.3, -0.25) is 19.8 Å². The molecule has 0 amide bonds. The van der Waals surface area contributed by atoms with Gasteiger partial charge in [0.05, 0.1) is 0 Å². The van der Waals surface area contributed by atoms with E-state index in [1.54, 1.807) is 13.8 Å². The molecule has 4 aromatic rings. The van der Waals surface area contributed by atoms with Gasteiger partial charge in [0, 0.05) is 36.4 Å². The van der Waals surface area contributed by atoms with Crippen LogP contribution >= 0.6 is 0 Å². The van der Waals surface area contributed by atoms with Crippen molar-refractivity contribution in [1.82, 2.24) is 39.2 Å².